The van der Waals surface area contributed by atoms with Crippen molar-refractivity contribution < 1.29 is 0 Å². The van der Waals surface area contributed by atoms with Gasteiger partial charge in [0.05, 0.1) is 0 Å². The first-order valence-electron chi connectivity index (χ1n) is 2.96. The minimum atomic E-state index is -1.58. The molecule has 0 spiro atoms. The van der Waals surface area contributed by atoms with Gasteiger partial charge in [-0.2, -0.15) is 0 Å². The second kappa shape index (κ2) is 2.79. The van der Waals surface area contributed by atoms with Crippen molar-refractivity contribution in [1.82, 2.24) is 0 Å². The van der Waals surface area contributed by atoms with Crippen molar-refractivity contribution in [1.29, 1.82) is 0 Å². The fraction of sp³-hybridized carbons (Fsp3) is 1.00. The smallest absolute Gasteiger partial charge is 0.148 e. The SMILES string of the molecule is NCCC(N)(N)C(N)(N)N. The van der Waals surface area contributed by atoms with E-state index in [1.54, 1.807) is 0 Å². The summed E-state index contributed by atoms with van der Waals surface area (Å²) >= 11 is 0. The predicted octanol–water partition coefficient (Wildman–Crippen LogP) is -3.52. The zero-order valence-corrected chi connectivity index (χ0v) is 5.88. The Morgan fingerprint density at radius 2 is 1.30 bits per heavy atom. The Labute approximate surface area is 59.9 Å². The first kappa shape index (κ1) is 9.76. The van der Waals surface area contributed by atoms with E-state index in [0.29, 0.717) is 6.54 Å². The van der Waals surface area contributed by atoms with Gasteiger partial charge in [0.1, 0.15) is 11.4 Å². The summed E-state index contributed by atoms with van der Waals surface area (Å²) in [5, 5.41) is 0. The molecule has 0 saturated heterocycles. The Bertz CT molecular complexity index is 103. The van der Waals surface area contributed by atoms with E-state index >= 15 is 0 Å². The third-order valence-electron chi connectivity index (χ3n) is 1.36. The van der Waals surface area contributed by atoms with Crippen LogP contribution in [0.1, 0.15) is 6.42 Å². The van der Waals surface area contributed by atoms with Crippen LogP contribution >= 0.6 is 0 Å². The molecule has 0 saturated carbocycles. The Morgan fingerprint density at radius 1 is 0.900 bits per heavy atom. The maximum Gasteiger partial charge on any atom is 0.148 e. The van der Waals surface area contributed by atoms with Gasteiger partial charge < -0.3 is 17.2 Å². The Kier molecular flexibility index (Phi) is 2.72. The molecular formula is C4H16N6. The van der Waals surface area contributed by atoms with Crippen molar-refractivity contribution in [3.05, 3.63) is 0 Å². The Hall–Kier alpha value is -0.240. The van der Waals surface area contributed by atoms with Gasteiger partial charge in [-0.1, -0.05) is 0 Å². The van der Waals surface area contributed by atoms with Crippen LogP contribution in [-0.2, 0) is 0 Å². The van der Waals surface area contributed by atoms with Gasteiger partial charge >= 0.3 is 0 Å². The van der Waals surface area contributed by atoms with E-state index in [1.165, 1.54) is 0 Å². The molecule has 0 aliphatic carbocycles. The second-order valence-corrected chi connectivity index (χ2v) is 2.51. The summed E-state index contributed by atoms with van der Waals surface area (Å²) in [6.45, 7) is 0.306. The molecule has 0 heterocycles. The maximum atomic E-state index is 5.43. The lowest BCUT2D eigenvalue weighted by Crippen LogP contribution is -2.81. The molecule has 0 radical (unpaired) electrons. The van der Waals surface area contributed by atoms with Gasteiger partial charge in [-0.05, 0) is 13.0 Å². The first-order valence-corrected chi connectivity index (χ1v) is 2.96. The number of nitrogens with two attached hydrogens (primary N) is 6. The summed E-state index contributed by atoms with van der Waals surface area (Å²) in [4.78, 5) is 0. The van der Waals surface area contributed by atoms with Gasteiger partial charge in [-0.15, -0.1) is 0 Å². The summed E-state index contributed by atoms with van der Waals surface area (Å²) in [5.41, 5.74) is 30.5. The maximum absolute atomic E-state index is 5.43. The largest absolute Gasteiger partial charge is 0.330 e. The molecule has 6 heteroatoms. The number of hydrogen-bond acceptors (Lipinski definition) is 6. The summed E-state index contributed by atoms with van der Waals surface area (Å²) in [6.07, 6.45) is 0.288. The number of hydrogen-bond donors (Lipinski definition) is 6. The van der Waals surface area contributed by atoms with E-state index in [0.717, 1.165) is 0 Å². The average Bonchev–Trinajstić information content (AvgIpc) is 1.61. The van der Waals surface area contributed by atoms with Crippen molar-refractivity contribution >= 4 is 0 Å². The predicted molar refractivity (Wildman–Crippen MR) is 40.1 cm³/mol. The van der Waals surface area contributed by atoms with Crippen molar-refractivity contribution in [2.75, 3.05) is 6.54 Å². The highest BCUT2D eigenvalue weighted by molar-refractivity contribution is 4.94. The van der Waals surface area contributed by atoms with Crippen LogP contribution in [0.4, 0.5) is 0 Å². The standard InChI is InChI=1S/C4H16N6/c5-2-1-3(6,7)4(8,9)10/h1-2,5-10H2. The molecule has 0 bridgehead atoms. The normalized spacial score (nSPS) is 13.8. The lowest BCUT2D eigenvalue weighted by molar-refractivity contribution is 0.225. The molecule has 0 atom stereocenters. The molecule has 0 aromatic carbocycles. The molecule has 0 aliphatic heterocycles. The van der Waals surface area contributed by atoms with Crippen LogP contribution in [-0.4, -0.2) is 18.0 Å². The molecule has 62 valence electrons. The van der Waals surface area contributed by atoms with Crippen molar-refractivity contribution in [3.63, 3.8) is 0 Å². The summed E-state index contributed by atoms with van der Waals surface area (Å²) in [6, 6.07) is 0. The van der Waals surface area contributed by atoms with E-state index in [-0.39, 0.29) is 6.42 Å². The molecule has 0 aliphatic rings. The van der Waals surface area contributed by atoms with Crippen molar-refractivity contribution in [3.8, 4) is 0 Å². The molecule has 10 heavy (non-hydrogen) atoms. The second-order valence-electron chi connectivity index (χ2n) is 2.51. The lowest BCUT2D eigenvalue weighted by Gasteiger charge is -2.36. The quantitative estimate of drug-likeness (QED) is 0.228. The first-order chi connectivity index (χ1) is 4.31. The van der Waals surface area contributed by atoms with Gasteiger partial charge in [0.25, 0.3) is 0 Å². The molecule has 0 amide bonds. The third-order valence-corrected chi connectivity index (χ3v) is 1.36. The molecule has 6 nitrogen and oxygen atoms in total. The molecule has 0 rings (SSSR count). The molecule has 12 N–H and O–H groups in total. The molecular weight excluding hydrogens is 132 g/mol. The minimum absolute atomic E-state index is 0.288. The Morgan fingerprint density at radius 3 is 1.40 bits per heavy atom. The van der Waals surface area contributed by atoms with E-state index in [1.807, 2.05) is 0 Å². The molecule has 0 fully saturated rings. The van der Waals surface area contributed by atoms with E-state index in [9.17, 15) is 0 Å². The van der Waals surface area contributed by atoms with E-state index < -0.39 is 11.4 Å². The van der Waals surface area contributed by atoms with Crippen LogP contribution < -0.4 is 34.4 Å². The highest BCUT2D eigenvalue weighted by atomic mass is 15.2. The third kappa shape index (κ3) is 2.18. The van der Waals surface area contributed by atoms with Crippen LogP contribution in [0.3, 0.4) is 0 Å². The summed E-state index contributed by atoms with van der Waals surface area (Å²) < 4.78 is 0. The van der Waals surface area contributed by atoms with Gasteiger partial charge in [0.15, 0.2) is 0 Å². The van der Waals surface area contributed by atoms with Crippen LogP contribution in [0.25, 0.3) is 0 Å². The van der Waals surface area contributed by atoms with Crippen molar-refractivity contribution in [2.45, 2.75) is 17.9 Å². The summed E-state index contributed by atoms with van der Waals surface area (Å²) in [7, 11) is 0. The highest BCUT2D eigenvalue weighted by Gasteiger charge is 2.35. The van der Waals surface area contributed by atoms with Crippen LogP contribution in [0, 0.1) is 0 Å². The lowest BCUT2D eigenvalue weighted by atomic mass is 10.0. The minimum Gasteiger partial charge on any atom is -0.330 e. The van der Waals surface area contributed by atoms with Gasteiger partial charge in [-0.25, -0.2) is 0 Å². The van der Waals surface area contributed by atoms with Gasteiger partial charge in [-0.3, -0.25) is 17.2 Å². The summed E-state index contributed by atoms with van der Waals surface area (Å²) in [5.74, 6) is -1.58. The fourth-order valence-corrected chi connectivity index (χ4v) is 0.455. The van der Waals surface area contributed by atoms with E-state index in [4.69, 9.17) is 34.4 Å². The topological polar surface area (TPSA) is 156 Å². The fourth-order valence-electron chi connectivity index (χ4n) is 0.455. The van der Waals surface area contributed by atoms with E-state index in [2.05, 4.69) is 0 Å². The zero-order valence-electron chi connectivity index (χ0n) is 5.88. The van der Waals surface area contributed by atoms with Gasteiger partial charge in [0, 0.05) is 0 Å². The average molecular weight is 148 g/mol. The van der Waals surface area contributed by atoms with Crippen LogP contribution in [0.2, 0.25) is 0 Å². The molecule has 0 unspecified atom stereocenters. The van der Waals surface area contributed by atoms with Crippen LogP contribution in [0.15, 0.2) is 0 Å². The van der Waals surface area contributed by atoms with Gasteiger partial charge in [0.2, 0.25) is 0 Å². The Balaban J connectivity index is 4.10. The monoisotopic (exact) mass is 148 g/mol. The van der Waals surface area contributed by atoms with Crippen molar-refractivity contribution in [2.24, 2.45) is 34.4 Å². The molecule has 0 aromatic rings. The molecule has 0 aromatic heterocycles. The highest BCUT2D eigenvalue weighted by Crippen LogP contribution is 2.02. The number of rotatable bonds is 3. The van der Waals surface area contributed by atoms with Crippen LogP contribution in [0.5, 0.6) is 0 Å². The zero-order chi connectivity index (χ0) is 8.41.